The van der Waals surface area contributed by atoms with Crippen molar-refractivity contribution >= 4 is 11.8 Å². The molecule has 0 aliphatic carbocycles. The van der Waals surface area contributed by atoms with E-state index in [4.69, 9.17) is 4.74 Å². The van der Waals surface area contributed by atoms with E-state index in [0.717, 1.165) is 31.5 Å². The van der Waals surface area contributed by atoms with Crippen LogP contribution in [0, 0.1) is 5.92 Å². The second kappa shape index (κ2) is 12.7. The first-order chi connectivity index (χ1) is 17.3. The molecule has 2 aromatic rings. The normalized spacial score (nSPS) is 15.5. The number of nitrogens with zero attached hydrogens (tertiary/aromatic N) is 3. The van der Waals surface area contributed by atoms with Gasteiger partial charge in [0, 0.05) is 43.6 Å². The fraction of sp³-hybridized carbons (Fsp3) is 0.536. The molecule has 36 heavy (non-hydrogen) atoms. The Hall–Kier alpha value is -3.13. The highest BCUT2D eigenvalue weighted by Gasteiger charge is 2.31. The number of aromatic nitrogens is 1. The molecule has 196 valence electrons. The Labute approximate surface area is 214 Å². The summed E-state index contributed by atoms with van der Waals surface area (Å²) in [5.74, 6) is 0.356. The molecule has 0 radical (unpaired) electrons. The molecule has 3 rings (SSSR count). The third-order valence-corrected chi connectivity index (χ3v) is 6.89. The van der Waals surface area contributed by atoms with Crippen molar-refractivity contribution in [2.24, 2.45) is 5.92 Å². The maximum absolute atomic E-state index is 13.6. The Morgan fingerprint density at radius 3 is 2.50 bits per heavy atom. The van der Waals surface area contributed by atoms with E-state index >= 15 is 0 Å². The van der Waals surface area contributed by atoms with Gasteiger partial charge < -0.3 is 19.5 Å². The van der Waals surface area contributed by atoms with Crippen LogP contribution in [0.5, 0.6) is 5.75 Å². The molecule has 1 N–H and O–H groups in total. The van der Waals surface area contributed by atoms with Crippen molar-refractivity contribution in [2.45, 2.75) is 53.1 Å². The number of hydrogen-bond acceptors (Lipinski definition) is 5. The standard InChI is InChI=1S/C28H40N4O4/c1-6-31(7-2)22-13-15-32(17-22)28(35)24-19-30(16-21-10-8-9-11-25(21)36-5)18-23(26(24)33)27(34)29-14-12-20(3)4/h8-11,18-20,22H,6-7,12-17H2,1-5H3,(H,29,34). The third kappa shape index (κ3) is 6.55. The second-order valence-electron chi connectivity index (χ2n) is 9.75. The van der Waals surface area contributed by atoms with Gasteiger partial charge in [0.25, 0.3) is 11.8 Å². The van der Waals surface area contributed by atoms with E-state index in [-0.39, 0.29) is 23.1 Å². The molecule has 2 amide bonds. The second-order valence-corrected chi connectivity index (χ2v) is 9.75. The summed E-state index contributed by atoms with van der Waals surface area (Å²) in [7, 11) is 1.60. The summed E-state index contributed by atoms with van der Waals surface area (Å²) < 4.78 is 7.21. The number of methoxy groups -OCH3 is 1. The zero-order valence-corrected chi connectivity index (χ0v) is 22.3. The van der Waals surface area contributed by atoms with Gasteiger partial charge in [-0.25, -0.2) is 0 Å². The number of rotatable bonds is 11. The van der Waals surface area contributed by atoms with E-state index in [1.54, 1.807) is 29.0 Å². The Balaban J connectivity index is 1.94. The van der Waals surface area contributed by atoms with Crippen LogP contribution in [0.1, 0.15) is 66.8 Å². The first-order valence-electron chi connectivity index (χ1n) is 13.0. The van der Waals surface area contributed by atoms with Crippen molar-refractivity contribution in [3.8, 4) is 5.75 Å². The monoisotopic (exact) mass is 496 g/mol. The third-order valence-electron chi connectivity index (χ3n) is 6.89. The summed E-state index contributed by atoms with van der Waals surface area (Å²) in [5, 5.41) is 2.85. The quantitative estimate of drug-likeness (QED) is 0.516. The van der Waals surface area contributed by atoms with Crippen LogP contribution in [0.3, 0.4) is 0 Å². The lowest BCUT2D eigenvalue weighted by molar-refractivity contribution is 0.0775. The lowest BCUT2D eigenvalue weighted by Gasteiger charge is -2.26. The Bertz CT molecular complexity index is 1110. The summed E-state index contributed by atoms with van der Waals surface area (Å²) >= 11 is 0. The predicted octanol–water partition coefficient (Wildman–Crippen LogP) is 3.24. The Kier molecular flexibility index (Phi) is 9.70. The van der Waals surface area contributed by atoms with Crippen molar-refractivity contribution in [3.63, 3.8) is 0 Å². The van der Waals surface area contributed by atoms with Crippen molar-refractivity contribution in [3.05, 3.63) is 63.6 Å². The van der Waals surface area contributed by atoms with Crippen LogP contribution in [0.25, 0.3) is 0 Å². The van der Waals surface area contributed by atoms with Gasteiger partial charge in [0.1, 0.15) is 16.9 Å². The zero-order valence-electron chi connectivity index (χ0n) is 22.3. The molecule has 1 atom stereocenters. The lowest BCUT2D eigenvalue weighted by Crippen LogP contribution is -2.40. The molecule has 0 spiro atoms. The number of amides is 2. The minimum atomic E-state index is -0.524. The molecule has 8 nitrogen and oxygen atoms in total. The highest BCUT2D eigenvalue weighted by molar-refractivity contribution is 5.99. The van der Waals surface area contributed by atoms with Crippen molar-refractivity contribution in [1.29, 1.82) is 0 Å². The number of carbonyl (C=O) groups is 2. The average Bonchev–Trinajstić information content (AvgIpc) is 3.35. The zero-order chi connectivity index (χ0) is 26.2. The molecule has 0 saturated carbocycles. The molecule has 1 fully saturated rings. The van der Waals surface area contributed by atoms with Crippen LogP contribution >= 0.6 is 0 Å². The topological polar surface area (TPSA) is 83.9 Å². The molecule has 1 aliphatic heterocycles. The van der Waals surface area contributed by atoms with Crippen LogP contribution in [0.4, 0.5) is 0 Å². The SMILES string of the molecule is CCN(CC)C1CCN(C(=O)c2cn(Cc3ccccc3OC)cc(C(=O)NCCC(C)C)c2=O)C1. The molecule has 1 saturated heterocycles. The van der Waals surface area contributed by atoms with Crippen LogP contribution < -0.4 is 15.5 Å². The minimum Gasteiger partial charge on any atom is -0.496 e. The van der Waals surface area contributed by atoms with Gasteiger partial charge in [-0.2, -0.15) is 0 Å². The summed E-state index contributed by atoms with van der Waals surface area (Å²) in [5.41, 5.74) is 0.376. The highest BCUT2D eigenvalue weighted by atomic mass is 16.5. The number of likely N-dealkylation sites (tertiary alicyclic amines) is 1. The first-order valence-corrected chi connectivity index (χ1v) is 13.0. The molecule has 8 heteroatoms. The number of nitrogens with one attached hydrogen (secondary N) is 1. The van der Waals surface area contributed by atoms with Gasteiger partial charge in [0.05, 0.1) is 13.7 Å². The van der Waals surface area contributed by atoms with Crippen molar-refractivity contribution < 1.29 is 14.3 Å². The number of ether oxygens (including phenoxy) is 1. The van der Waals surface area contributed by atoms with Crippen molar-refractivity contribution in [1.82, 2.24) is 19.7 Å². The number of pyridine rings is 1. The van der Waals surface area contributed by atoms with Gasteiger partial charge >= 0.3 is 0 Å². The van der Waals surface area contributed by atoms with E-state index in [1.807, 2.05) is 24.3 Å². The van der Waals surface area contributed by atoms with Gasteiger partial charge in [-0.15, -0.1) is 0 Å². The number of carbonyl (C=O) groups excluding carboxylic acids is 2. The summed E-state index contributed by atoms with van der Waals surface area (Å²) in [6, 6.07) is 7.86. The molecule has 1 aromatic carbocycles. The molecular weight excluding hydrogens is 456 g/mol. The maximum atomic E-state index is 13.6. The van der Waals surface area contributed by atoms with Crippen LogP contribution in [-0.4, -0.2) is 72.1 Å². The van der Waals surface area contributed by atoms with Crippen molar-refractivity contribution in [2.75, 3.05) is 39.8 Å². The Morgan fingerprint density at radius 1 is 1.14 bits per heavy atom. The van der Waals surface area contributed by atoms with Gasteiger partial charge in [-0.1, -0.05) is 45.9 Å². The largest absolute Gasteiger partial charge is 0.496 e. The number of hydrogen-bond donors (Lipinski definition) is 1. The average molecular weight is 497 g/mol. The fourth-order valence-electron chi connectivity index (χ4n) is 4.77. The number of likely N-dealkylation sites (N-methyl/N-ethyl adjacent to an activating group) is 1. The van der Waals surface area contributed by atoms with E-state index < -0.39 is 11.3 Å². The van der Waals surface area contributed by atoms with E-state index in [2.05, 4.69) is 37.9 Å². The van der Waals surface area contributed by atoms with Gasteiger partial charge in [-0.05, 0) is 37.9 Å². The highest BCUT2D eigenvalue weighted by Crippen LogP contribution is 2.20. The minimum absolute atomic E-state index is 0.0148. The van der Waals surface area contributed by atoms with Crippen LogP contribution in [-0.2, 0) is 6.54 Å². The lowest BCUT2D eigenvalue weighted by atomic mass is 10.1. The smallest absolute Gasteiger partial charge is 0.259 e. The fourth-order valence-corrected chi connectivity index (χ4v) is 4.77. The molecule has 0 bridgehead atoms. The summed E-state index contributed by atoms with van der Waals surface area (Å²) in [6.45, 7) is 12.2. The van der Waals surface area contributed by atoms with Crippen LogP contribution in [0.15, 0.2) is 41.5 Å². The summed E-state index contributed by atoms with van der Waals surface area (Å²) in [6.07, 6.45) is 4.80. The van der Waals surface area contributed by atoms with Crippen LogP contribution in [0.2, 0.25) is 0 Å². The maximum Gasteiger partial charge on any atom is 0.259 e. The van der Waals surface area contributed by atoms with Gasteiger partial charge in [0.15, 0.2) is 0 Å². The molecule has 1 unspecified atom stereocenters. The van der Waals surface area contributed by atoms with Gasteiger partial charge in [-0.3, -0.25) is 19.3 Å². The molecule has 2 heterocycles. The van der Waals surface area contributed by atoms with Gasteiger partial charge in [0.2, 0.25) is 5.43 Å². The van der Waals surface area contributed by atoms with E-state index in [1.165, 1.54) is 0 Å². The predicted molar refractivity (Wildman–Crippen MR) is 142 cm³/mol. The van der Waals surface area contributed by atoms with E-state index in [9.17, 15) is 14.4 Å². The molecule has 1 aromatic heterocycles. The van der Waals surface area contributed by atoms with E-state index in [0.29, 0.717) is 37.8 Å². The number of para-hydroxylation sites is 1. The molecule has 1 aliphatic rings. The summed E-state index contributed by atoms with van der Waals surface area (Å²) in [4.78, 5) is 44.1. The first kappa shape index (κ1) is 27.5. The Morgan fingerprint density at radius 2 is 1.83 bits per heavy atom. The molecular formula is C28H40N4O4. The number of benzene rings is 1.